The Balaban J connectivity index is 2.15. The lowest BCUT2D eigenvalue weighted by atomic mass is 10.0. The molecule has 0 fully saturated rings. The predicted octanol–water partition coefficient (Wildman–Crippen LogP) is 3.72. The van der Waals surface area contributed by atoms with Crippen molar-refractivity contribution in [1.29, 1.82) is 0 Å². The molecule has 0 aliphatic rings. The number of nitrogens with zero attached hydrogens (tertiary/aromatic N) is 2. The lowest BCUT2D eigenvalue weighted by molar-refractivity contribution is -0.393. The second kappa shape index (κ2) is 6.66. The van der Waals surface area contributed by atoms with Crippen LogP contribution in [0.25, 0.3) is 0 Å². The molecular weight excluding hydrogens is 286 g/mol. The molecular formula is C15H15N3O4. The molecule has 0 radical (unpaired) electrons. The monoisotopic (exact) mass is 301 g/mol. The van der Waals surface area contributed by atoms with Crippen molar-refractivity contribution in [2.75, 3.05) is 11.9 Å². The molecule has 22 heavy (non-hydrogen) atoms. The minimum atomic E-state index is -0.649. The molecule has 0 bridgehead atoms. The van der Waals surface area contributed by atoms with Crippen LogP contribution < -0.4 is 5.32 Å². The van der Waals surface area contributed by atoms with Crippen LogP contribution in [0.4, 0.5) is 17.1 Å². The van der Waals surface area contributed by atoms with Gasteiger partial charge in [-0.25, -0.2) is 0 Å². The second-order valence-electron chi connectivity index (χ2n) is 4.91. The molecule has 7 heteroatoms. The highest BCUT2D eigenvalue weighted by Gasteiger charge is 2.19. The summed E-state index contributed by atoms with van der Waals surface area (Å²) in [4.78, 5) is 20.5. The van der Waals surface area contributed by atoms with E-state index in [0.717, 1.165) is 11.6 Å². The molecule has 114 valence electrons. The summed E-state index contributed by atoms with van der Waals surface area (Å²) in [7, 11) is 0. The zero-order chi connectivity index (χ0) is 16.1. The van der Waals surface area contributed by atoms with Gasteiger partial charge in [0.1, 0.15) is 5.69 Å². The third kappa shape index (κ3) is 3.57. The molecule has 0 saturated carbocycles. The lowest BCUT2D eigenvalue weighted by Crippen LogP contribution is -2.11. The Labute approximate surface area is 126 Å². The number of hydrogen-bond acceptors (Lipinski definition) is 5. The van der Waals surface area contributed by atoms with E-state index in [4.69, 9.17) is 0 Å². The Hall–Kier alpha value is -2.96. The normalized spacial score (nSPS) is 11.7. The van der Waals surface area contributed by atoms with Crippen molar-refractivity contribution >= 4 is 17.1 Å². The van der Waals surface area contributed by atoms with E-state index in [2.05, 4.69) is 5.32 Å². The average molecular weight is 301 g/mol. The van der Waals surface area contributed by atoms with Crippen molar-refractivity contribution in [3.05, 3.63) is 74.3 Å². The fourth-order valence-electron chi connectivity index (χ4n) is 2.10. The maximum absolute atomic E-state index is 11.1. The smallest absolute Gasteiger partial charge is 0.299 e. The van der Waals surface area contributed by atoms with Gasteiger partial charge in [0, 0.05) is 12.6 Å². The first kappa shape index (κ1) is 15.4. The average Bonchev–Trinajstić information content (AvgIpc) is 2.53. The fourth-order valence-corrected chi connectivity index (χ4v) is 2.10. The largest absolute Gasteiger partial charge is 0.379 e. The van der Waals surface area contributed by atoms with Gasteiger partial charge in [-0.1, -0.05) is 37.3 Å². The Morgan fingerprint density at radius 3 is 2.32 bits per heavy atom. The molecule has 1 N–H and O–H groups in total. The molecule has 0 heterocycles. The Bertz CT molecular complexity index is 688. The molecule has 0 aromatic heterocycles. The Kier molecular flexibility index (Phi) is 4.67. The molecule has 0 spiro atoms. The van der Waals surface area contributed by atoms with Gasteiger partial charge in [-0.15, -0.1) is 0 Å². The molecule has 2 aromatic rings. The molecule has 0 aliphatic carbocycles. The third-order valence-corrected chi connectivity index (χ3v) is 3.36. The molecule has 2 aromatic carbocycles. The number of nitro benzene ring substituents is 2. The van der Waals surface area contributed by atoms with Gasteiger partial charge in [-0.05, 0) is 17.5 Å². The number of nitro groups is 2. The highest BCUT2D eigenvalue weighted by atomic mass is 16.6. The lowest BCUT2D eigenvalue weighted by Gasteiger charge is -2.14. The van der Waals surface area contributed by atoms with E-state index in [1.165, 1.54) is 12.1 Å². The maximum atomic E-state index is 11.1. The zero-order valence-electron chi connectivity index (χ0n) is 11.9. The first-order valence-corrected chi connectivity index (χ1v) is 6.70. The van der Waals surface area contributed by atoms with E-state index in [1.807, 2.05) is 37.3 Å². The minimum absolute atomic E-state index is 0.149. The summed E-state index contributed by atoms with van der Waals surface area (Å²) < 4.78 is 0. The van der Waals surface area contributed by atoms with Gasteiger partial charge in [-0.2, -0.15) is 0 Å². The summed E-state index contributed by atoms with van der Waals surface area (Å²) >= 11 is 0. The van der Waals surface area contributed by atoms with Crippen molar-refractivity contribution in [2.45, 2.75) is 12.8 Å². The van der Waals surface area contributed by atoms with Crippen LogP contribution in [0, 0.1) is 20.2 Å². The third-order valence-electron chi connectivity index (χ3n) is 3.36. The Morgan fingerprint density at radius 1 is 1.05 bits per heavy atom. The van der Waals surface area contributed by atoms with Crippen LogP contribution in [0.2, 0.25) is 0 Å². The van der Waals surface area contributed by atoms with Crippen LogP contribution >= 0.6 is 0 Å². The topological polar surface area (TPSA) is 98.3 Å². The van der Waals surface area contributed by atoms with E-state index >= 15 is 0 Å². The molecule has 7 nitrogen and oxygen atoms in total. The van der Waals surface area contributed by atoms with E-state index in [0.29, 0.717) is 6.54 Å². The maximum Gasteiger partial charge on any atom is 0.299 e. The van der Waals surface area contributed by atoms with Crippen molar-refractivity contribution in [2.24, 2.45) is 0 Å². The van der Waals surface area contributed by atoms with Gasteiger partial charge in [0.2, 0.25) is 0 Å². The number of rotatable bonds is 6. The molecule has 0 aliphatic heterocycles. The van der Waals surface area contributed by atoms with Crippen molar-refractivity contribution < 1.29 is 9.85 Å². The Morgan fingerprint density at radius 2 is 1.73 bits per heavy atom. The highest BCUT2D eigenvalue weighted by Crippen LogP contribution is 2.29. The van der Waals surface area contributed by atoms with Gasteiger partial charge in [-0.3, -0.25) is 20.2 Å². The molecule has 2 rings (SSSR count). The summed E-state index contributed by atoms with van der Waals surface area (Å²) in [6, 6.07) is 13.3. The first-order valence-electron chi connectivity index (χ1n) is 6.70. The number of non-ortho nitro benzene ring substituents is 1. The first-order chi connectivity index (χ1) is 10.5. The van der Waals surface area contributed by atoms with Crippen LogP contribution in [0.5, 0.6) is 0 Å². The number of benzene rings is 2. The summed E-state index contributed by atoms with van der Waals surface area (Å²) in [6.07, 6.45) is 0. The highest BCUT2D eigenvalue weighted by molar-refractivity contribution is 5.65. The molecule has 0 saturated heterocycles. The van der Waals surface area contributed by atoms with Gasteiger partial charge < -0.3 is 5.32 Å². The quantitative estimate of drug-likeness (QED) is 0.647. The standard InChI is InChI=1S/C15H15N3O4/c1-11(12-5-3-2-4-6-12)10-16-14-8-7-13(17(19)20)9-15(14)18(21)22/h2-9,11,16H,10H2,1H3/t11-/m0/s1. The van der Waals surface area contributed by atoms with Gasteiger partial charge in [0.25, 0.3) is 11.4 Å². The summed E-state index contributed by atoms with van der Waals surface area (Å²) in [6.45, 7) is 2.49. The summed E-state index contributed by atoms with van der Waals surface area (Å²) in [5, 5.41) is 24.7. The molecule has 1 atom stereocenters. The zero-order valence-corrected chi connectivity index (χ0v) is 11.9. The number of nitrogens with one attached hydrogen (secondary N) is 1. The fraction of sp³-hybridized carbons (Fsp3) is 0.200. The second-order valence-corrected chi connectivity index (χ2v) is 4.91. The van der Waals surface area contributed by atoms with E-state index in [-0.39, 0.29) is 23.0 Å². The molecule has 0 unspecified atom stereocenters. The van der Waals surface area contributed by atoms with Crippen LogP contribution in [-0.4, -0.2) is 16.4 Å². The van der Waals surface area contributed by atoms with Crippen LogP contribution in [0.3, 0.4) is 0 Å². The van der Waals surface area contributed by atoms with Gasteiger partial charge in [0.15, 0.2) is 0 Å². The minimum Gasteiger partial charge on any atom is -0.379 e. The van der Waals surface area contributed by atoms with Crippen molar-refractivity contribution in [1.82, 2.24) is 0 Å². The van der Waals surface area contributed by atoms with Crippen molar-refractivity contribution in [3.63, 3.8) is 0 Å². The predicted molar refractivity (Wildman–Crippen MR) is 83.1 cm³/mol. The van der Waals surface area contributed by atoms with E-state index in [9.17, 15) is 20.2 Å². The van der Waals surface area contributed by atoms with Crippen LogP contribution in [0.1, 0.15) is 18.4 Å². The van der Waals surface area contributed by atoms with E-state index < -0.39 is 9.85 Å². The number of hydrogen-bond donors (Lipinski definition) is 1. The summed E-state index contributed by atoms with van der Waals surface area (Å²) in [5.41, 5.74) is 0.792. The SMILES string of the molecule is C[C@@H](CNc1ccc([N+](=O)[O-])cc1[N+](=O)[O-])c1ccccc1. The van der Waals surface area contributed by atoms with Gasteiger partial charge >= 0.3 is 0 Å². The van der Waals surface area contributed by atoms with E-state index in [1.54, 1.807) is 0 Å². The van der Waals surface area contributed by atoms with Crippen LogP contribution in [-0.2, 0) is 0 Å². The van der Waals surface area contributed by atoms with Gasteiger partial charge in [0.05, 0.1) is 15.9 Å². The van der Waals surface area contributed by atoms with Crippen molar-refractivity contribution in [3.8, 4) is 0 Å². The summed E-state index contributed by atoms with van der Waals surface area (Å²) in [5.74, 6) is 0.149. The molecule has 0 amide bonds. The van der Waals surface area contributed by atoms with Crippen LogP contribution in [0.15, 0.2) is 48.5 Å². The number of anilines is 1.